The number of aliphatic imine (C=N–C) groups is 1. The number of nitrogens with zero attached hydrogens (tertiary/aromatic N) is 2. The fraction of sp³-hybridized carbons (Fsp3) is 0.333. The molecule has 172 valence electrons. The number of benzene rings is 1. The van der Waals surface area contributed by atoms with Crippen molar-refractivity contribution in [1.82, 2.24) is 10.2 Å². The van der Waals surface area contributed by atoms with Crippen LogP contribution in [-0.2, 0) is 25.7 Å². The number of fused-ring (bicyclic) bond motifs is 1. The molecule has 0 radical (unpaired) electrons. The van der Waals surface area contributed by atoms with Gasteiger partial charge in [0.1, 0.15) is 17.2 Å². The van der Waals surface area contributed by atoms with Gasteiger partial charge in [-0.25, -0.2) is 9.79 Å². The Morgan fingerprint density at radius 3 is 2.79 bits per heavy atom. The zero-order valence-electron chi connectivity index (χ0n) is 18.6. The predicted octanol–water partition coefficient (Wildman–Crippen LogP) is 3.13. The number of amides is 2. The molecule has 33 heavy (non-hydrogen) atoms. The van der Waals surface area contributed by atoms with E-state index >= 15 is 0 Å². The third-order valence-corrected chi connectivity index (χ3v) is 5.55. The van der Waals surface area contributed by atoms with Crippen LogP contribution < -0.4 is 10.6 Å². The summed E-state index contributed by atoms with van der Waals surface area (Å²) < 4.78 is 10.6. The van der Waals surface area contributed by atoms with Crippen molar-refractivity contribution in [3.63, 3.8) is 0 Å². The van der Waals surface area contributed by atoms with Crippen molar-refractivity contribution in [2.75, 3.05) is 18.5 Å². The first-order valence-electron chi connectivity index (χ1n) is 11.0. The molecule has 2 aliphatic heterocycles. The smallest absolute Gasteiger partial charge is 0.343 e. The number of nitrogens with one attached hydrogen (secondary N) is 2. The highest BCUT2D eigenvalue weighted by molar-refractivity contribution is 6.24. The molecular weight excluding hydrogens is 424 g/mol. The van der Waals surface area contributed by atoms with Crippen LogP contribution in [0.2, 0.25) is 0 Å². The Labute approximate surface area is 191 Å². The maximum atomic E-state index is 13.2. The number of rotatable bonds is 6. The molecule has 2 amide bonds. The topological polar surface area (TPSA) is 113 Å². The van der Waals surface area contributed by atoms with E-state index in [0.717, 1.165) is 5.69 Å². The Kier molecular flexibility index (Phi) is 6.58. The minimum Gasteiger partial charge on any atom is -0.467 e. The van der Waals surface area contributed by atoms with Crippen LogP contribution in [0, 0.1) is 5.92 Å². The maximum absolute atomic E-state index is 13.2. The largest absolute Gasteiger partial charge is 0.467 e. The molecular formula is C24H26N4O5. The SMILES string of the molecule is CCOC(=O)C1=C(CC)Nc2ccccc2N=C1NC(=O)[C@@H]1CC(=O)N(Cc2ccco2)C1. The first kappa shape index (κ1) is 22.3. The third kappa shape index (κ3) is 4.82. The number of carbonyl (C=O) groups excluding carboxylic acids is 3. The van der Waals surface area contributed by atoms with Crippen LogP contribution in [-0.4, -0.2) is 41.7 Å². The first-order valence-corrected chi connectivity index (χ1v) is 11.0. The summed E-state index contributed by atoms with van der Waals surface area (Å²) in [6, 6.07) is 10.9. The lowest BCUT2D eigenvalue weighted by Crippen LogP contribution is -2.40. The highest BCUT2D eigenvalue weighted by Gasteiger charge is 2.36. The molecule has 0 spiro atoms. The number of likely N-dealkylation sites (tertiary alicyclic amines) is 1. The van der Waals surface area contributed by atoms with Crippen molar-refractivity contribution in [3.05, 3.63) is 59.7 Å². The monoisotopic (exact) mass is 450 g/mol. The molecule has 1 atom stereocenters. The minimum atomic E-state index is -0.574. The molecule has 0 bridgehead atoms. The van der Waals surface area contributed by atoms with Crippen molar-refractivity contribution in [2.45, 2.75) is 33.2 Å². The zero-order valence-corrected chi connectivity index (χ0v) is 18.6. The summed E-state index contributed by atoms with van der Waals surface area (Å²) in [7, 11) is 0. The number of hydrogen-bond acceptors (Lipinski definition) is 7. The number of para-hydroxylation sites is 2. The second-order valence-electron chi connectivity index (χ2n) is 7.77. The van der Waals surface area contributed by atoms with Gasteiger partial charge < -0.3 is 24.7 Å². The number of esters is 1. The van der Waals surface area contributed by atoms with E-state index in [9.17, 15) is 14.4 Å². The van der Waals surface area contributed by atoms with E-state index in [1.165, 1.54) is 0 Å². The molecule has 2 aromatic rings. The van der Waals surface area contributed by atoms with Crippen molar-refractivity contribution in [2.24, 2.45) is 10.9 Å². The average Bonchev–Trinajstić information content (AvgIpc) is 3.40. The highest BCUT2D eigenvalue weighted by atomic mass is 16.5. The Hall–Kier alpha value is -3.88. The third-order valence-electron chi connectivity index (χ3n) is 5.55. The Morgan fingerprint density at radius 2 is 2.06 bits per heavy atom. The quantitative estimate of drug-likeness (QED) is 0.654. The zero-order chi connectivity index (χ0) is 23.4. The number of hydrogen-bond donors (Lipinski definition) is 2. The molecule has 1 fully saturated rings. The molecule has 1 aromatic carbocycles. The molecule has 2 aliphatic rings. The van der Waals surface area contributed by atoms with Gasteiger partial charge in [-0.3, -0.25) is 9.59 Å². The average molecular weight is 450 g/mol. The van der Waals surface area contributed by atoms with Gasteiger partial charge in [-0.2, -0.15) is 0 Å². The van der Waals surface area contributed by atoms with Gasteiger partial charge in [0.25, 0.3) is 0 Å². The Bertz CT molecular complexity index is 1120. The van der Waals surface area contributed by atoms with Crippen LogP contribution in [0.3, 0.4) is 0 Å². The van der Waals surface area contributed by atoms with E-state index in [0.29, 0.717) is 30.1 Å². The van der Waals surface area contributed by atoms with Gasteiger partial charge in [0.2, 0.25) is 11.8 Å². The summed E-state index contributed by atoms with van der Waals surface area (Å²) in [5, 5.41) is 6.06. The predicted molar refractivity (Wildman–Crippen MR) is 121 cm³/mol. The Balaban J connectivity index is 1.59. The summed E-state index contributed by atoms with van der Waals surface area (Å²) in [4.78, 5) is 44.6. The number of ether oxygens (including phenoxy) is 1. The number of anilines is 1. The molecule has 9 heteroatoms. The molecule has 3 heterocycles. The lowest BCUT2D eigenvalue weighted by Gasteiger charge is -2.17. The number of amidine groups is 1. The van der Waals surface area contributed by atoms with Crippen molar-refractivity contribution in [1.29, 1.82) is 0 Å². The van der Waals surface area contributed by atoms with Gasteiger partial charge in [-0.15, -0.1) is 0 Å². The van der Waals surface area contributed by atoms with Crippen LogP contribution in [0.25, 0.3) is 0 Å². The normalized spacial score (nSPS) is 17.8. The molecule has 0 unspecified atom stereocenters. The first-order chi connectivity index (χ1) is 16.0. The standard InChI is InChI=1S/C24H26N4O5/c1-3-17-21(24(31)32-4-2)22(26-19-10-6-5-9-18(19)25-17)27-23(30)15-12-20(29)28(13-15)14-16-8-7-11-33-16/h5-11,15,25H,3-4,12-14H2,1-2H3,(H,26,27,30)/t15-/m1/s1. The van der Waals surface area contributed by atoms with Gasteiger partial charge >= 0.3 is 5.97 Å². The summed E-state index contributed by atoms with van der Waals surface area (Å²) >= 11 is 0. The highest BCUT2D eigenvalue weighted by Crippen LogP contribution is 2.31. The maximum Gasteiger partial charge on any atom is 0.343 e. The van der Waals surface area contributed by atoms with Crippen LogP contribution in [0.5, 0.6) is 0 Å². The van der Waals surface area contributed by atoms with Crippen molar-refractivity contribution < 1.29 is 23.5 Å². The van der Waals surface area contributed by atoms with Crippen LogP contribution >= 0.6 is 0 Å². The van der Waals surface area contributed by atoms with Crippen LogP contribution in [0.4, 0.5) is 11.4 Å². The Morgan fingerprint density at radius 1 is 1.24 bits per heavy atom. The summed E-state index contributed by atoms with van der Waals surface area (Å²) in [5.74, 6) is -0.881. The summed E-state index contributed by atoms with van der Waals surface area (Å²) in [6.07, 6.45) is 2.12. The summed E-state index contributed by atoms with van der Waals surface area (Å²) in [6.45, 7) is 4.37. The lowest BCUT2D eigenvalue weighted by molar-refractivity contribution is -0.138. The number of furan rings is 1. The molecule has 2 N–H and O–H groups in total. The van der Waals surface area contributed by atoms with Crippen LogP contribution in [0.1, 0.15) is 32.4 Å². The van der Waals surface area contributed by atoms with E-state index in [1.54, 1.807) is 36.3 Å². The van der Waals surface area contributed by atoms with Crippen LogP contribution in [0.15, 0.2) is 63.3 Å². The van der Waals surface area contributed by atoms with Gasteiger partial charge in [-0.05, 0) is 37.6 Å². The molecule has 1 saturated heterocycles. The van der Waals surface area contributed by atoms with Gasteiger partial charge in [0.05, 0.1) is 36.7 Å². The molecule has 9 nitrogen and oxygen atoms in total. The number of allylic oxidation sites excluding steroid dienone is 1. The van der Waals surface area contributed by atoms with E-state index in [1.807, 2.05) is 25.1 Å². The van der Waals surface area contributed by atoms with Crippen molar-refractivity contribution >= 4 is 35.0 Å². The fourth-order valence-corrected chi connectivity index (χ4v) is 3.91. The van der Waals surface area contributed by atoms with E-state index in [2.05, 4.69) is 15.6 Å². The van der Waals surface area contributed by atoms with E-state index in [-0.39, 0.29) is 42.8 Å². The van der Waals surface area contributed by atoms with Gasteiger partial charge in [0, 0.05) is 18.7 Å². The summed E-state index contributed by atoms with van der Waals surface area (Å²) in [5.41, 5.74) is 2.08. The van der Waals surface area contributed by atoms with E-state index < -0.39 is 11.9 Å². The molecule has 4 rings (SSSR count). The van der Waals surface area contributed by atoms with Gasteiger partial charge in [-0.1, -0.05) is 19.1 Å². The van der Waals surface area contributed by atoms with Gasteiger partial charge in [0.15, 0.2) is 0 Å². The fourth-order valence-electron chi connectivity index (χ4n) is 3.91. The lowest BCUT2D eigenvalue weighted by atomic mass is 10.1. The minimum absolute atomic E-state index is 0.0771. The molecule has 0 aliphatic carbocycles. The van der Waals surface area contributed by atoms with E-state index in [4.69, 9.17) is 9.15 Å². The molecule has 0 saturated carbocycles. The second kappa shape index (κ2) is 9.72. The molecule has 1 aromatic heterocycles. The number of carbonyl (C=O) groups is 3. The second-order valence-corrected chi connectivity index (χ2v) is 7.77. The van der Waals surface area contributed by atoms with Crippen molar-refractivity contribution in [3.8, 4) is 0 Å².